The molecule has 0 amide bonds. The molecule has 0 heterocycles. The Morgan fingerprint density at radius 1 is 1.00 bits per heavy atom. The molecule has 6 heteroatoms. The van der Waals surface area contributed by atoms with Crippen molar-refractivity contribution in [1.29, 1.82) is 5.26 Å². The number of rotatable bonds is 12. The first-order chi connectivity index (χ1) is 17.0. The number of nitriles is 1. The lowest BCUT2D eigenvalue weighted by Crippen LogP contribution is -2.15. The normalized spacial score (nSPS) is 12.9. The molecule has 0 spiro atoms. The molecule has 0 radical (unpaired) electrons. The third kappa shape index (κ3) is 17.4. The van der Waals surface area contributed by atoms with Crippen LogP contribution in [0.3, 0.4) is 0 Å². The van der Waals surface area contributed by atoms with Crippen LogP contribution in [0.4, 0.5) is 0 Å². The molecule has 3 unspecified atom stereocenters. The van der Waals surface area contributed by atoms with Crippen LogP contribution in [0.5, 0.6) is 0 Å². The molecule has 0 aliphatic carbocycles. The smallest absolute Gasteiger partial charge is 0.205 e. The van der Waals surface area contributed by atoms with Crippen molar-refractivity contribution in [3.8, 4) is 6.07 Å². The molecular formula is C30H43NO3S2. The van der Waals surface area contributed by atoms with E-state index in [1.165, 1.54) is 16.5 Å². The van der Waals surface area contributed by atoms with Gasteiger partial charge in [-0.25, -0.2) is 0 Å². The molecule has 0 bridgehead atoms. The van der Waals surface area contributed by atoms with E-state index in [2.05, 4.69) is 103 Å². The zero-order valence-corrected chi connectivity index (χ0v) is 24.2. The maximum Gasteiger partial charge on any atom is 0.205 e. The highest BCUT2D eigenvalue weighted by atomic mass is 32.1. The fraction of sp³-hybridized carbons (Fsp3) is 0.467. The average Bonchev–Trinajstić information content (AvgIpc) is 2.83. The minimum atomic E-state index is -0.797. The van der Waals surface area contributed by atoms with Crippen LogP contribution < -0.4 is 0 Å². The summed E-state index contributed by atoms with van der Waals surface area (Å²) in [7, 11) is 0. The van der Waals surface area contributed by atoms with Crippen molar-refractivity contribution in [2.45, 2.75) is 59.5 Å². The lowest BCUT2D eigenvalue weighted by molar-refractivity contribution is -0.114. The van der Waals surface area contributed by atoms with Gasteiger partial charge in [0.15, 0.2) is 0 Å². The molecule has 3 atom stereocenters. The summed E-state index contributed by atoms with van der Waals surface area (Å²) in [5.74, 6) is -0.564. The highest BCUT2D eigenvalue weighted by Gasteiger charge is 2.21. The van der Waals surface area contributed by atoms with Crippen LogP contribution >= 0.6 is 25.3 Å². The van der Waals surface area contributed by atoms with E-state index >= 15 is 0 Å². The van der Waals surface area contributed by atoms with Crippen LogP contribution in [0.15, 0.2) is 72.7 Å². The zero-order chi connectivity index (χ0) is 27.4. The molecule has 0 aromatic heterocycles. The Labute approximate surface area is 229 Å². The molecule has 2 rings (SSSR count). The lowest BCUT2D eigenvalue weighted by Gasteiger charge is -2.25. The molecular weight excluding hydrogens is 486 g/mol. The van der Waals surface area contributed by atoms with Crippen LogP contribution in [0.2, 0.25) is 0 Å². The number of carbonyl (C=O) groups is 1. The molecule has 0 aliphatic rings. The van der Waals surface area contributed by atoms with E-state index in [0.717, 1.165) is 12.8 Å². The Bertz CT molecular complexity index is 871. The fourth-order valence-electron chi connectivity index (χ4n) is 2.98. The number of hydrogen-bond acceptors (Lipinski definition) is 5. The van der Waals surface area contributed by atoms with Crippen LogP contribution in [0.25, 0.3) is 0 Å². The first kappa shape index (κ1) is 34.0. The number of hydrogen-bond donors (Lipinski definition) is 2. The zero-order valence-electron chi connectivity index (χ0n) is 22.4. The van der Waals surface area contributed by atoms with Crippen molar-refractivity contribution in [3.05, 3.63) is 83.8 Å². The Morgan fingerprint density at radius 2 is 1.44 bits per heavy atom. The van der Waals surface area contributed by atoms with E-state index in [1.54, 1.807) is 0 Å². The van der Waals surface area contributed by atoms with Crippen molar-refractivity contribution in [3.63, 3.8) is 0 Å². The summed E-state index contributed by atoms with van der Waals surface area (Å²) in [4.78, 5) is 11.1. The van der Waals surface area contributed by atoms with E-state index in [4.69, 9.17) is 14.7 Å². The number of thiol groups is 2. The summed E-state index contributed by atoms with van der Waals surface area (Å²) in [6.45, 7) is 15.4. The van der Waals surface area contributed by atoms with Gasteiger partial charge in [-0.2, -0.15) is 17.9 Å². The molecule has 2 aromatic carbocycles. The van der Waals surface area contributed by atoms with Gasteiger partial charge in [-0.3, -0.25) is 4.79 Å². The van der Waals surface area contributed by atoms with Gasteiger partial charge in [0.05, 0.1) is 18.8 Å². The van der Waals surface area contributed by atoms with Crippen molar-refractivity contribution in [2.24, 2.45) is 11.3 Å². The van der Waals surface area contributed by atoms with Crippen molar-refractivity contribution in [2.75, 3.05) is 19.8 Å². The second-order valence-corrected chi connectivity index (χ2v) is 10.7. The average molecular weight is 530 g/mol. The highest BCUT2D eigenvalue weighted by Crippen LogP contribution is 2.33. The predicted molar refractivity (Wildman–Crippen MR) is 157 cm³/mol. The lowest BCUT2D eigenvalue weighted by atomic mass is 9.90. The number of nitrogens with zero attached hydrogens (tertiary/aromatic N) is 1. The molecule has 0 saturated heterocycles. The van der Waals surface area contributed by atoms with E-state index in [9.17, 15) is 4.79 Å². The van der Waals surface area contributed by atoms with Gasteiger partial charge >= 0.3 is 0 Å². The van der Waals surface area contributed by atoms with E-state index in [0.29, 0.717) is 18.6 Å². The molecule has 0 fully saturated rings. The molecule has 4 nitrogen and oxygen atoms in total. The fourth-order valence-corrected chi connectivity index (χ4v) is 3.12. The Kier molecular flexibility index (Phi) is 18.9. The van der Waals surface area contributed by atoms with Gasteiger partial charge in [-0.1, -0.05) is 102 Å². The van der Waals surface area contributed by atoms with E-state index in [-0.39, 0.29) is 18.6 Å². The van der Waals surface area contributed by atoms with Gasteiger partial charge in [-0.15, -0.1) is 12.6 Å². The summed E-state index contributed by atoms with van der Waals surface area (Å²) in [5.41, 5.74) is 2.91. The summed E-state index contributed by atoms with van der Waals surface area (Å²) in [5, 5.41) is 9.82. The van der Waals surface area contributed by atoms with Crippen molar-refractivity contribution >= 4 is 30.4 Å². The first-order valence-electron chi connectivity index (χ1n) is 12.2. The third-order valence-electron chi connectivity index (χ3n) is 4.63. The SMILES string of the molecule is C=CS.CC(C)(C)C.CC(c1ccccc1)C(OCCCCOCC(C#N)C(=O)S)c1ccccc1. The van der Waals surface area contributed by atoms with E-state index < -0.39 is 11.0 Å². The van der Waals surface area contributed by atoms with E-state index in [1.807, 2.05) is 30.3 Å². The largest absolute Gasteiger partial charge is 0.380 e. The van der Waals surface area contributed by atoms with Gasteiger partial charge in [0.25, 0.3) is 0 Å². The molecule has 2 aromatic rings. The molecule has 0 aliphatic heterocycles. The standard InChI is InChI=1S/C23H27NO3S.C5H12.C2H4S/c1-18(19-10-4-2-5-11-19)22(20-12-6-3-7-13-20)27-15-9-8-14-26-17-21(16-24)23(25)28;1-5(2,3)4;1-2-3/h2-7,10-13,18,21-22H,8-9,14-15,17H2,1H3,(H,25,28);1-4H3;2-3H,1H2. The maximum atomic E-state index is 11.1. The Balaban J connectivity index is 0.00000134. The quantitative estimate of drug-likeness (QED) is 0.216. The maximum absolute atomic E-state index is 11.1. The number of benzene rings is 2. The predicted octanol–water partition coefficient (Wildman–Crippen LogP) is 8.05. The molecule has 0 N–H and O–H groups in total. The van der Waals surface area contributed by atoms with Crippen LogP contribution in [-0.4, -0.2) is 24.9 Å². The summed E-state index contributed by atoms with van der Waals surface area (Å²) in [6.07, 6.45) is 1.63. The van der Waals surface area contributed by atoms with Crippen molar-refractivity contribution in [1.82, 2.24) is 0 Å². The summed E-state index contributed by atoms with van der Waals surface area (Å²) < 4.78 is 11.7. The van der Waals surface area contributed by atoms with Gasteiger partial charge in [0.2, 0.25) is 5.12 Å². The number of ether oxygens (including phenoxy) is 2. The topological polar surface area (TPSA) is 59.3 Å². The minimum Gasteiger partial charge on any atom is -0.380 e. The van der Waals surface area contributed by atoms with Gasteiger partial charge in [-0.05, 0) is 34.8 Å². The first-order valence-corrected chi connectivity index (χ1v) is 13.2. The Morgan fingerprint density at radius 3 is 1.89 bits per heavy atom. The minimum absolute atomic E-state index is 0.0192. The number of carbonyl (C=O) groups excluding carboxylic acids is 1. The second kappa shape index (κ2) is 20.1. The van der Waals surface area contributed by atoms with Gasteiger partial charge in [0.1, 0.15) is 5.92 Å². The monoisotopic (exact) mass is 529 g/mol. The van der Waals surface area contributed by atoms with Crippen LogP contribution in [0, 0.1) is 22.7 Å². The molecule has 36 heavy (non-hydrogen) atoms. The third-order valence-corrected chi connectivity index (χ3v) is 4.94. The summed E-state index contributed by atoms with van der Waals surface area (Å²) in [6, 6.07) is 22.6. The second-order valence-electron chi connectivity index (χ2n) is 9.89. The van der Waals surface area contributed by atoms with Crippen LogP contribution in [-0.2, 0) is 14.3 Å². The molecule has 0 saturated carbocycles. The van der Waals surface area contributed by atoms with Crippen LogP contribution in [0.1, 0.15) is 70.6 Å². The Hall–Kier alpha value is -2.04. The highest BCUT2D eigenvalue weighted by molar-refractivity contribution is 7.96. The summed E-state index contributed by atoms with van der Waals surface area (Å²) >= 11 is 7.23. The van der Waals surface area contributed by atoms with Gasteiger partial charge < -0.3 is 9.47 Å². The van der Waals surface area contributed by atoms with Gasteiger partial charge in [0, 0.05) is 19.1 Å². The molecule has 198 valence electrons. The number of unbranched alkanes of at least 4 members (excludes halogenated alkanes) is 1. The van der Waals surface area contributed by atoms with Crippen molar-refractivity contribution < 1.29 is 14.3 Å².